The smallest absolute Gasteiger partial charge is 0.123 e. The van der Waals surface area contributed by atoms with Gasteiger partial charge in [-0.05, 0) is 35.7 Å². The number of hydrogen-bond donors (Lipinski definition) is 0. The summed E-state index contributed by atoms with van der Waals surface area (Å²) in [7, 11) is 0. The van der Waals surface area contributed by atoms with E-state index in [1.54, 1.807) is 12.1 Å². The van der Waals surface area contributed by atoms with Crippen LogP contribution in [-0.2, 0) is 6.54 Å². The van der Waals surface area contributed by atoms with Gasteiger partial charge in [0.05, 0.1) is 6.07 Å². The molecule has 1 unspecified atom stereocenters. The van der Waals surface area contributed by atoms with Crippen molar-refractivity contribution in [3.8, 4) is 6.07 Å². The number of piperazine rings is 1. The Hall–Kier alpha value is -2.22. The number of aryl methyl sites for hydroxylation is 1. The van der Waals surface area contributed by atoms with Crippen LogP contribution >= 0.6 is 0 Å². The lowest BCUT2D eigenvalue weighted by atomic mass is 10.0. The van der Waals surface area contributed by atoms with Crippen LogP contribution in [0.2, 0.25) is 0 Å². The average Bonchev–Trinajstić information content (AvgIpc) is 2.61. The van der Waals surface area contributed by atoms with Gasteiger partial charge in [0, 0.05) is 32.7 Å². The van der Waals surface area contributed by atoms with Crippen molar-refractivity contribution in [3.63, 3.8) is 0 Å². The molecule has 24 heavy (non-hydrogen) atoms. The Morgan fingerprint density at radius 1 is 1.04 bits per heavy atom. The first-order valence-electron chi connectivity index (χ1n) is 8.33. The first-order chi connectivity index (χ1) is 11.7. The minimum Gasteiger partial charge on any atom is -0.297 e. The van der Waals surface area contributed by atoms with E-state index < -0.39 is 0 Å². The summed E-state index contributed by atoms with van der Waals surface area (Å²) in [5, 5.41) is 9.54. The van der Waals surface area contributed by atoms with E-state index in [4.69, 9.17) is 0 Å². The molecule has 124 valence electrons. The van der Waals surface area contributed by atoms with Gasteiger partial charge in [-0.1, -0.05) is 36.4 Å². The van der Waals surface area contributed by atoms with Gasteiger partial charge in [0.15, 0.2) is 0 Å². The number of rotatable bonds is 4. The molecule has 0 amide bonds. The van der Waals surface area contributed by atoms with Crippen molar-refractivity contribution in [2.45, 2.75) is 19.5 Å². The third-order valence-corrected chi connectivity index (χ3v) is 4.74. The normalized spacial score (nSPS) is 17.4. The van der Waals surface area contributed by atoms with Crippen LogP contribution in [0.5, 0.6) is 0 Å². The zero-order valence-corrected chi connectivity index (χ0v) is 14.0. The van der Waals surface area contributed by atoms with E-state index in [1.165, 1.54) is 23.3 Å². The molecule has 3 nitrogen and oxygen atoms in total. The van der Waals surface area contributed by atoms with Gasteiger partial charge in [-0.15, -0.1) is 0 Å². The highest BCUT2D eigenvalue weighted by molar-refractivity contribution is 5.26. The first-order valence-corrected chi connectivity index (χ1v) is 8.33. The van der Waals surface area contributed by atoms with E-state index in [-0.39, 0.29) is 11.9 Å². The zero-order chi connectivity index (χ0) is 16.9. The number of hydrogen-bond acceptors (Lipinski definition) is 3. The van der Waals surface area contributed by atoms with Crippen molar-refractivity contribution in [1.29, 1.82) is 5.26 Å². The Bertz CT molecular complexity index is 712. The van der Waals surface area contributed by atoms with Crippen LogP contribution < -0.4 is 0 Å². The minimum atomic E-state index is -0.300. The highest BCUT2D eigenvalue weighted by Crippen LogP contribution is 2.22. The molecule has 1 atom stereocenters. The van der Waals surface area contributed by atoms with E-state index in [1.807, 2.05) is 0 Å². The molecule has 3 rings (SSSR count). The minimum absolute atomic E-state index is 0.265. The summed E-state index contributed by atoms with van der Waals surface area (Å²) in [6.45, 7) is 6.67. The molecule has 0 radical (unpaired) electrons. The second-order valence-corrected chi connectivity index (χ2v) is 6.32. The molecule has 0 aromatic heterocycles. The Morgan fingerprint density at radius 2 is 1.71 bits per heavy atom. The van der Waals surface area contributed by atoms with E-state index in [0.717, 1.165) is 38.3 Å². The fourth-order valence-corrected chi connectivity index (χ4v) is 3.22. The Kier molecular flexibility index (Phi) is 5.24. The van der Waals surface area contributed by atoms with Gasteiger partial charge in [-0.25, -0.2) is 4.39 Å². The highest BCUT2D eigenvalue weighted by atomic mass is 19.1. The van der Waals surface area contributed by atoms with Gasteiger partial charge in [-0.3, -0.25) is 9.80 Å². The largest absolute Gasteiger partial charge is 0.297 e. The van der Waals surface area contributed by atoms with Gasteiger partial charge in [0.25, 0.3) is 0 Å². The zero-order valence-electron chi connectivity index (χ0n) is 14.0. The molecule has 1 heterocycles. The lowest BCUT2D eigenvalue weighted by molar-refractivity contribution is 0.109. The lowest BCUT2D eigenvalue weighted by Crippen LogP contribution is -2.47. The Labute approximate surface area is 142 Å². The van der Waals surface area contributed by atoms with Gasteiger partial charge in [0.2, 0.25) is 0 Å². The first kappa shape index (κ1) is 16.6. The lowest BCUT2D eigenvalue weighted by Gasteiger charge is -2.37. The number of halogens is 1. The second-order valence-electron chi connectivity index (χ2n) is 6.32. The molecule has 1 saturated heterocycles. The van der Waals surface area contributed by atoms with Gasteiger partial charge < -0.3 is 0 Å². The van der Waals surface area contributed by atoms with Crippen molar-refractivity contribution in [2.75, 3.05) is 26.2 Å². The molecular formula is C20H22FN3. The van der Waals surface area contributed by atoms with Crippen molar-refractivity contribution in [1.82, 2.24) is 9.80 Å². The summed E-state index contributed by atoms with van der Waals surface area (Å²) in [5.41, 5.74) is 3.55. The van der Waals surface area contributed by atoms with Crippen molar-refractivity contribution >= 4 is 0 Å². The molecule has 2 aromatic carbocycles. The molecule has 0 N–H and O–H groups in total. The summed E-state index contributed by atoms with van der Waals surface area (Å²) in [6, 6.07) is 16.8. The summed E-state index contributed by atoms with van der Waals surface area (Å²) >= 11 is 0. The van der Waals surface area contributed by atoms with Crippen LogP contribution in [0, 0.1) is 24.1 Å². The number of benzene rings is 2. The van der Waals surface area contributed by atoms with Crippen LogP contribution in [0.15, 0.2) is 48.5 Å². The second kappa shape index (κ2) is 7.57. The topological polar surface area (TPSA) is 30.3 Å². The van der Waals surface area contributed by atoms with Crippen LogP contribution in [0.4, 0.5) is 4.39 Å². The van der Waals surface area contributed by atoms with E-state index in [0.29, 0.717) is 0 Å². The van der Waals surface area contributed by atoms with Crippen LogP contribution in [0.3, 0.4) is 0 Å². The third-order valence-electron chi connectivity index (χ3n) is 4.74. The van der Waals surface area contributed by atoms with E-state index in [9.17, 15) is 9.65 Å². The predicted molar refractivity (Wildman–Crippen MR) is 92.8 cm³/mol. The molecule has 1 fully saturated rings. The Morgan fingerprint density at radius 3 is 2.33 bits per heavy atom. The fourth-order valence-electron chi connectivity index (χ4n) is 3.22. The maximum Gasteiger partial charge on any atom is 0.123 e. The van der Waals surface area contributed by atoms with Gasteiger partial charge in [0.1, 0.15) is 11.9 Å². The molecule has 1 aliphatic rings. The number of nitrogens with zero attached hydrogens (tertiary/aromatic N) is 3. The van der Waals surface area contributed by atoms with Gasteiger partial charge in [-0.2, -0.15) is 5.26 Å². The summed E-state index contributed by atoms with van der Waals surface area (Å²) in [6.07, 6.45) is 0. The molecule has 0 saturated carbocycles. The van der Waals surface area contributed by atoms with Crippen molar-refractivity contribution in [3.05, 3.63) is 71.0 Å². The van der Waals surface area contributed by atoms with Crippen LogP contribution in [0.1, 0.15) is 22.7 Å². The third kappa shape index (κ3) is 3.81. The molecular weight excluding hydrogens is 301 g/mol. The summed E-state index contributed by atoms with van der Waals surface area (Å²) < 4.78 is 13.1. The molecule has 1 aliphatic heterocycles. The maximum atomic E-state index is 13.1. The number of nitriles is 1. The standard InChI is InChI=1S/C20H22FN3/c1-16-4-2-3-5-18(16)15-23-10-12-24(13-11-23)20(14-22)17-6-8-19(21)9-7-17/h2-9,20H,10-13,15H2,1H3. The monoisotopic (exact) mass is 323 g/mol. The fraction of sp³-hybridized carbons (Fsp3) is 0.350. The quantitative estimate of drug-likeness (QED) is 0.862. The van der Waals surface area contributed by atoms with Crippen LogP contribution in [0.25, 0.3) is 0 Å². The Balaban J connectivity index is 1.61. The van der Waals surface area contributed by atoms with E-state index in [2.05, 4.69) is 47.1 Å². The van der Waals surface area contributed by atoms with Crippen molar-refractivity contribution < 1.29 is 4.39 Å². The molecule has 0 spiro atoms. The van der Waals surface area contributed by atoms with Crippen molar-refractivity contribution in [2.24, 2.45) is 0 Å². The molecule has 0 bridgehead atoms. The molecule has 4 heteroatoms. The van der Waals surface area contributed by atoms with E-state index >= 15 is 0 Å². The summed E-state index contributed by atoms with van der Waals surface area (Å²) in [5.74, 6) is -0.265. The highest BCUT2D eigenvalue weighted by Gasteiger charge is 2.25. The predicted octanol–water partition coefficient (Wildman–Crippen LogP) is 3.52. The van der Waals surface area contributed by atoms with Gasteiger partial charge >= 0.3 is 0 Å². The molecule has 0 aliphatic carbocycles. The SMILES string of the molecule is Cc1ccccc1CN1CCN(C(C#N)c2ccc(F)cc2)CC1. The summed E-state index contributed by atoms with van der Waals surface area (Å²) in [4.78, 5) is 4.61. The average molecular weight is 323 g/mol. The van der Waals surface area contributed by atoms with Crippen LogP contribution in [-0.4, -0.2) is 36.0 Å². The molecule has 2 aromatic rings. The maximum absolute atomic E-state index is 13.1.